The zero-order valence-electron chi connectivity index (χ0n) is 9.99. The van der Waals surface area contributed by atoms with Crippen molar-refractivity contribution in [1.29, 1.82) is 0 Å². The standard InChI is InChI=1S/C12H8F2N4O2/c13-12(14)6-3-5(6)10-8(12)9(11(19)20)17-18(10)7-4-15-1-2-16-7/h1-2,4-6H,3H2,(H,19,20)/t5-,6+/m0/s1. The number of hydrogen-bond acceptors (Lipinski definition) is 4. The Morgan fingerprint density at radius 3 is 2.90 bits per heavy atom. The Bertz CT molecular complexity index is 729. The van der Waals surface area contributed by atoms with Gasteiger partial charge in [-0.2, -0.15) is 5.10 Å². The maximum absolute atomic E-state index is 14.2. The van der Waals surface area contributed by atoms with Crippen molar-refractivity contribution in [3.63, 3.8) is 0 Å². The van der Waals surface area contributed by atoms with Crippen molar-refractivity contribution in [2.45, 2.75) is 18.3 Å². The van der Waals surface area contributed by atoms with E-state index < -0.39 is 29.1 Å². The van der Waals surface area contributed by atoms with E-state index in [4.69, 9.17) is 5.11 Å². The van der Waals surface area contributed by atoms with Crippen LogP contribution in [0.15, 0.2) is 18.6 Å². The molecule has 0 aliphatic heterocycles. The van der Waals surface area contributed by atoms with Gasteiger partial charge in [0.25, 0.3) is 5.92 Å². The van der Waals surface area contributed by atoms with Crippen molar-refractivity contribution in [3.8, 4) is 5.82 Å². The molecule has 2 aromatic heterocycles. The Labute approximate surface area is 111 Å². The summed E-state index contributed by atoms with van der Waals surface area (Å²) in [4.78, 5) is 19.0. The molecule has 2 aliphatic carbocycles. The highest BCUT2D eigenvalue weighted by atomic mass is 19.3. The Morgan fingerprint density at radius 2 is 2.25 bits per heavy atom. The summed E-state index contributed by atoms with van der Waals surface area (Å²) in [5, 5.41) is 12.9. The molecule has 0 unspecified atom stereocenters. The van der Waals surface area contributed by atoms with E-state index in [9.17, 15) is 13.6 Å². The van der Waals surface area contributed by atoms with E-state index in [1.165, 1.54) is 23.3 Å². The van der Waals surface area contributed by atoms with E-state index in [2.05, 4.69) is 15.1 Å². The Balaban J connectivity index is 2.00. The second kappa shape index (κ2) is 3.38. The molecule has 0 radical (unpaired) electrons. The highest BCUT2D eigenvalue weighted by Crippen LogP contribution is 2.67. The molecule has 6 nitrogen and oxygen atoms in total. The Morgan fingerprint density at radius 1 is 1.45 bits per heavy atom. The van der Waals surface area contributed by atoms with Crippen LogP contribution in [0, 0.1) is 5.92 Å². The number of alkyl halides is 2. The molecule has 0 amide bonds. The largest absolute Gasteiger partial charge is 0.476 e. The molecule has 1 N–H and O–H groups in total. The third-order valence-electron chi connectivity index (χ3n) is 3.83. The van der Waals surface area contributed by atoms with Crippen molar-refractivity contribution in [1.82, 2.24) is 19.7 Å². The van der Waals surface area contributed by atoms with Crippen molar-refractivity contribution in [3.05, 3.63) is 35.5 Å². The number of aromatic carboxylic acids is 1. The highest BCUT2D eigenvalue weighted by Gasteiger charge is 2.67. The van der Waals surface area contributed by atoms with E-state index in [-0.39, 0.29) is 17.4 Å². The first-order chi connectivity index (χ1) is 9.51. The van der Waals surface area contributed by atoms with Crippen LogP contribution < -0.4 is 0 Å². The molecule has 1 saturated carbocycles. The van der Waals surface area contributed by atoms with Gasteiger partial charge in [0.2, 0.25) is 0 Å². The van der Waals surface area contributed by atoms with Gasteiger partial charge in [0.15, 0.2) is 11.5 Å². The quantitative estimate of drug-likeness (QED) is 0.901. The number of hydrogen-bond donors (Lipinski definition) is 1. The number of aromatic nitrogens is 4. The minimum atomic E-state index is -3.13. The summed E-state index contributed by atoms with van der Waals surface area (Å²) >= 11 is 0. The molecule has 2 heterocycles. The van der Waals surface area contributed by atoms with Crippen molar-refractivity contribution >= 4 is 5.97 Å². The molecule has 2 aliphatic rings. The van der Waals surface area contributed by atoms with Crippen LogP contribution in [0.3, 0.4) is 0 Å². The number of rotatable bonds is 2. The molecule has 0 aromatic carbocycles. The van der Waals surface area contributed by atoms with Gasteiger partial charge in [-0.15, -0.1) is 0 Å². The summed E-state index contributed by atoms with van der Waals surface area (Å²) in [5.74, 6) is -5.49. The Kier molecular flexibility index (Phi) is 1.94. The Hall–Kier alpha value is -2.38. The van der Waals surface area contributed by atoms with Crippen LogP contribution in [0.1, 0.15) is 34.1 Å². The SMILES string of the molecule is O=C(O)c1nn(-c2cnccn2)c2c1C(F)(F)[C@@H]1C[C@H]21. The van der Waals surface area contributed by atoms with Gasteiger partial charge < -0.3 is 5.11 Å². The fourth-order valence-corrected chi connectivity index (χ4v) is 2.91. The predicted molar refractivity (Wildman–Crippen MR) is 60.9 cm³/mol. The molecular formula is C12H8F2N4O2. The first-order valence-electron chi connectivity index (χ1n) is 6.02. The number of carbonyl (C=O) groups is 1. The van der Waals surface area contributed by atoms with Crippen LogP contribution in [-0.4, -0.2) is 30.8 Å². The summed E-state index contributed by atoms with van der Waals surface area (Å²) in [6.07, 6.45) is 4.57. The lowest BCUT2D eigenvalue weighted by molar-refractivity contribution is -0.0236. The molecule has 2 aromatic rings. The predicted octanol–water partition coefficient (Wildman–Crippen LogP) is 1.57. The fourth-order valence-electron chi connectivity index (χ4n) is 2.91. The molecule has 20 heavy (non-hydrogen) atoms. The minimum absolute atomic E-state index is 0.250. The van der Waals surface area contributed by atoms with E-state index in [1.807, 2.05) is 0 Å². The summed E-state index contributed by atoms with van der Waals surface area (Å²) < 4.78 is 29.5. The van der Waals surface area contributed by atoms with E-state index in [1.54, 1.807) is 0 Å². The third kappa shape index (κ3) is 1.25. The number of halogens is 2. The zero-order valence-corrected chi connectivity index (χ0v) is 9.99. The first kappa shape index (κ1) is 11.4. The van der Waals surface area contributed by atoms with Crippen LogP contribution in [-0.2, 0) is 5.92 Å². The normalized spacial score (nSPS) is 25.1. The molecule has 0 saturated heterocycles. The lowest BCUT2D eigenvalue weighted by Gasteiger charge is -2.11. The summed E-state index contributed by atoms with van der Waals surface area (Å²) in [6.45, 7) is 0. The first-order valence-corrected chi connectivity index (χ1v) is 6.02. The van der Waals surface area contributed by atoms with Crippen LogP contribution >= 0.6 is 0 Å². The molecular weight excluding hydrogens is 270 g/mol. The average Bonchev–Trinajstić information content (AvgIpc) is 3.06. The van der Waals surface area contributed by atoms with E-state index >= 15 is 0 Å². The van der Waals surface area contributed by atoms with Gasteiger partial charge in [0, 0.05) is 24.2 Å². The van der Waals surface area contributed by atoms with Crippen LogP contribution in [0.4, 0.5) is 8.78 Å². The number of carboxylic acids is 1. The summed E-state index contributed by atoms with van der Waals surface area (Å²) in [6, 6.07) is 0. The molecule has 2 atom stereocenters. The summed E-state index contributed by atoms with van der Waals surface area (Å²) in [7, 11) is 0. The van der Waals surface area contributed by atoms with Crippen LogP contribution in [0.5, 0.6) is 0 Å². The topological polar surface area (TPSA) is 80.9 Å². The fraction of sp³-hybridized carbons (Fsp3) is 0.333. The molecule has 1 fully saturated rings. The van der Waals surface area contributed by atoms with Gasteiger partial charge in [-0.05, 0) is 6.42 Å². The smallest absolute Gasteiger partial charge is 0.356 e. The minimum Gasteiger partial charge on any atom is -0.476 e. The molecule has 8 heteroatoms. The number of fused-ring (bicyclic) bond motifs is 3. The third-order valence-corrected chi connectivity index (χ3v) is 3.83. The van der Waals surface area contributed by atoms with Crippen molar-refractivity contribution in [2.75, 3.05) is 0 Å². The lowest BCUT2D eigenvalue weighted by Crippen LogP contribution is -2.17. The number of nitrogens with zero attached hydrogens (tertiary/aromatic N) is 4. The molecule has 102 valence electrons. The van der Waals surface area contributed by atoms with E-state index in [0.717, 1.165) is 0 Å². The van der Waals surface area contributed by atoms with Gasteiger partial charge in [-0.3, -0.25) is 4.98 Å². The van der Waals surface area contributed by atoms with Gasteiger partial charge in [0.05, 0.1) is 17.5 Å². The zero-order chi connectivity index (χ0) is 14.1. The maximum Gasteiger partial charge on any atom is 0.356 e. The second-order valence-corrected chi connectivity index (χ2v) is 4.96. The van der Waals surface area contributed by atoms with Crippen molar-refractivity contribution in [2.24, 2.45) is 5.92 Å². The van der Waals surface area contributed by atoms with Gasteiger partial charge in [0.1, 0.15) is 0 Å². The molecule has 4 rings (SSSR count). The highest BCUT2D eigenvalue weighted by molar-refractivity contribution is 5.88. The molecule has 0 spiro atoms. The second-order valence-electron chi connectivity index (χ2n) is 4.96. The van der Waals surface area contributed by atoms with Gasteiger partial charge >= 0.3 is 5.97 Å². The van der Waals surface area contributed by atoms with Crippen LogP contribution in [0.25, 0.3) is 5.82 Å². The number of carboxylic acid groups (broad SMARTS) is 1. The monoisotopic (exact) mass is 278 g/mol. The van der Waals surface area contributed by atoms with Crippen LogP contribution in [0.2, 0.25) is 0 Å². The lowest BCUT2D eigenvalue weighted by atomic mass is 10.1. The average molecular weight is 278 g/mol. The maximum atomic E-state index is 14.2. The molecule has 0 bridgehead atoms. The van der Waals surface area contributed by atoms with Crippen molar-refractivity contribution < 1.29 is 18.7 Å². The van der Waals surface area contributed by atoms with E-state index in [0.29, 0.717) is 6.42 Å². The van der Waals surface area contributed by atoms with Gasteiger partial charge in [-0.1, -0.05) is 0 Å². The van der Waals surface area contributed by atoms with Gasteiger partial charge in [-0.25, -0.2) is 23.2 Å². The summed E-state index contributed by atoms with van der Waals surface area (Å²) in [5.41, 5.74) is -0.794.